The van der Waals surface area contributed by atoms with Gasteiger partial charge in [-0.2, -0.15) is 0 Å². The third kappa shape index (κ3) is 2.25. The lowest BCUT2D eigenvalue weighted by Crippen LogP contribution is -2.30. The summed E-state index contributed by atoms with van der Waals surface area (Å²) in [6.45, 7) is 8.23. The monoisotopic (exact) mass is 230 g/mol. The van der Waals surface area contributed by atoms with Gasteiger partial charge >= 0.3 is 0 Å². The Labute approximate surface area is 97.2 Å². The maximum absolute atomic E-state index is 5.89. The summed E-state index contributed by atoms with van der Waals surface area (Å²) in [5.74, 6) is 0.0547. The van der Waals surface area contributed by atoms with Crippen LogP contribution in [0.25, 0.3) is 0 Å². The molecule has 0 aromatic rings. The van der Waals surface area contributed by atoms with Crippen molar-refractivity contribution in [3.63, 3.8) is 0 Å². The first kappa shape index (κ1) is 12.3. The summed E-state index contributed by atoms with van der Waals surface area (Å²) in [7, 11) is 1.65. The SMILES string of the molecule is COC1OC(CC(C)C)C2OC(C)(C)OC12. The molecule has 4 unspecified atom stereocenters. The first-order valence-electron chi connectivity index (χ1n) is 5.97. The topological polar surface area (TPSA) is 36.9 Å². The second-order valence-corrected chi connectivity index (χ2v) is 5.47. The van der Waals surface area contributed by atoms with E-state index in [-0.39, 0.29) is 24.6 Å². The summed E-state index contributed by atoms with van der Waals surface area (Å²) in [4.78, 5) is 0. The molecule has 2 fully saturated rings. The highest BCUT2D eigenvalue weighted by Crippen LogP contribution is 2.40. The van der Waals surface area contributed by atoms with E-state index in [9.17, 15) is 0 Å². The Bertz CT molecular complexity index is 251. The summed E-state index contributed by atoms with van der Waals surface area (Å²) >= 11 is 0. The second kappa shape index (κ2) is 4.26. The molecule has 2 aliphatic rings. The quantitative estimate of drug-likeness (QED) is 0.742. The van der Waals surface area contributed by atoms with Crippen LogP contribution in [0.4, 0.5) is 0 Å². The zero-order valence-corrected chi connectivity index (χ0v) is 10.7. The van der Waals surface area contributed by atoms with Crippen molar-refractivity contribution in [2.24, 2.45) is 5.92 Å². The largest absolute Gasteiger partial charge is 0.353 e. The van der Waals surface area contributed by atoms with Crippen LogP contribution >= 0.6 is 0 Å². The van der Waals surface area contributed by atoms with Crippen LogP contribution in [0.1, 0.15) is 34.1 Å². The summed E-state index contributed by atoms with van der Waals surface area (Å²) in [6.07, 6.45) is 0.666. The maximum atomic E-state index is 5.89. The molecule has 0 saturated carbocycles. The zero-order chi connectivity index (χ0) is 11.9. The molecule has 4 heteroatoms. The smallest absolute Gasteiger partial charge is 0.186 e. The van der Waals surface area contributed by atoms with Crippen molar-refractivity contribution in [1.29, 1.82) is 0 Å². The van der Waals surface area contributed by atoms with Crippen molar-refractivity contribution in [2.75, 3.05) is 7.11 Å². The van der Waals surface area contributed by atoms with E-state index in [2.05, 4.69) is 13.8 Å². The molecule has 94 valence electrons. The first-order chi connectivity index (χ1) is 7.43. The highest BCUT2D eigenvalue weighted by molar-refractivity contribution is 4.95. The number of ether oxygens (including phenoxy) is 4. The van der Waals surface area contributed by atoms with E-state index < -0.39 is 5.79 Å². The molecule has 2 saturated heterocycles. The van der Waals surface area contributed by atoms with Gasteiger partial charge in [0.15, 0.2) is 12.1 Å². The molecule has 0 bridgehead atoms. The molecule has 0 radical (unpaired) electrons. The average molecular weight is 230 g/mol. The highest BCUT2D eigenvalue weighted by Gasteiger charge is 2.55. The zero-order valence-electron chi connectivity index (χ0n) is 10.7. The van der Waals surface area contributed by atoms with Gasteiger partial charge in [0.2, 0.25) is 0 Å². The van der Waals surface area contributed by atoms with Crippen LogP contribution in [0, 0.1) is 5.92 Å². The van der Waals surface area contributed by atoms with E-state index in [0.717, 1.165) is 6.42 Å². The summed E-state index contributed by atoms with van der Waals surface area (Å²) in [6, 6.07) is 0. The number of hydrogen-bond acceptors (Lipinski definition) is 4. The fourth-order valence-electron chi connectivity index (χ4n) is 2.49. The molecule has 4 atom stereocenters. The molecule has 2 heterocycles. The van der Waals surface area contributed by atoms with Crippen molar-refractivity contribution in [2.45, 2.75) is 64.5 Å². The van der Waals surface area contributed by atoms with Gasteiger partial charge in [0.25, 0.3) is 0 Å². The number of rotatable bonds is 3. The van der Waals surface area contributed by atoms with Crippen LogP contribution in [-0.2, 0) is 18.9 Å². The molecule has 0 aromatic heterocycles. The Balaban J connectivity index is 2.08. The van der Waals surface area contributed by atoms with Crippen LogP contribution in [0.3, 0.4) is 0 Å². The molecule has 0 amide bonds. The number of fused-ring (bicyclic) bond motifs is 1. The number of hydrogen-bond donors (Lipinski definition) is 0. The van der Waals surface area contributed by atoms with E-state index in [0.29, 0.717) is 5.92 Å². The lowest BCUT2D eigenvalue weighted by atomic mass is 10.0. The van der Waals surface area contributed by atoms with Crippen LogP contribution in [0.2, 0.25) is 0 Å². The minimum absolute atomic E-state index is 0.00218. The van der Waals surface area contributed by atoms with Crippen molar-refractivity contribution in [3.05, 3.63) is 0 Å². The van der Waals surface area contributed by atoms with Gasteiger partial charge in [0.05, 0.1) is 6.10 Å². The third-order valence-corrected chi connectivity index (χ3v) is 3.04. The normalized spacial score (nSPS) is 41.6. The molecular weight excluding hydrogens is 208 g/mol. The fraction of sp³-hybridized carbons (Fsp3) is 1.00. The molecule has 0 aromatic carbocycles. The van der Waals surface area contributed by atoms with Gasteiger partial charge in [-0.25, -0.2) is 0 Å². The standard InChI is InChI=1S/C12H22O4/c1-7(2)6-8-9-10(11(13-5)14-8)16-12(3,4)15-9/h7-11H,6H2,1-5H3. The van der Waals surface area contributed by atoms with Crippen LogP contribution < -0.4 is 0 Å². The Morgan fingerprint density at radius 3 is 2.38 bits per heavy atom. The second-order valence-electron chi connectivity index (χ2n) is 5.47. The van der Waals surface area contributed by atoms with Gasteiger partial charge in [-0.15, -0.1) is 0 Å². The van der Waals surface area contributed by atoms with Gasteiger partial charge in [0, 0.05) is 7.11 Å². The summed E-state index contributed by atoms with van der Waals surface area (Å²) in [5, 5.41) is 0. The highest BCUT2D eigenvalue weighted by atomic mass is 16.8. The Morgan fingerprint density at radius 2 is 1.81 bits per heavy atom. The predicted octanol–water partition coefficient (Wildman–Crippen LogP) is 1.92. The molecule has 2 aliphatic heterocycles. The van der Waals surface area contributed by atoms with Crippen LogP contribution in [0.15, 0.2) is 0 Å². The van der Waals surface area contributed by atoms with E-state index in [1.807, 2.05) is 13.8 Å². The molecule has 0 spiro atoms. The van der Waals surface area contributed by atoms with E-state index in [1.54, 1.807) is 7.11 Å². The predicted molar refractivity (Wildman–Crippen MR) is 59.0 cm³/mol. The lowest BCUT2D eigenvalue weighted by molar-refractivity contribution is -0.228. The average Bonchev–Trinajstić information content (AvgIpc) is 2.60. The number of methoxy groups -OCH3 is 1. The lowest BCUT2D eigenvalue weighted by Gasteiger charge is -2.24. The first-order valence-corrected chi connectivity index (χ1v) is 5.97. The maximum Gasteiger partial charge on any atom is 0.186 e. The Morgan fingerprint density at radius 1 is 1.19 bits per heavy atom. The van der Waals surface area contributed by atoms with Crippen molar-refractivity contribution in [1.82, 2.24) is 0 Å². The van der Waals surface area contributed by atoms with E-state index in [1.165, 1.54) is 0 Å². The van der Waals surface area contributed by atoms with E-state index in [4.69, 9.17) is 18.9 Å². The van der Waals surface area contributed by atoms with Crippen molar-refractivity contribution >= 4 is 0 Å². The molecule has 0 N–H and O–H groups in total. The molecule has 4 nitrogen and oxygen atoms in total. The van der Waals surface area contributed by atoms with Crippen molar-refractivity contribution in [3.8, 4) is 0 Å². The van der Waals surface area contributed by atoms with Gasteiger partial charge in [-0.1, -0.05) is 13.8 Å². The molecule has 2 rings (SSSR count). The Kier molecular flexibility index (Phi) is 3.27. The van der Waals surface area contributed by atoms with Gasteiger partial charge in [0.1, 0.15) is 12.2 Å². The summed E-state index contributed by atoms with van der Waals surface area (Å²) in [5.41, 5.74) is 0. The van der Waals surface area contributed by atoms with Crippen LogP contribution in [-0.4, -0.2) is 37.5 Å². The summed E-state index contributed by atoms with van der Waals surface area (Å²) < 4.78 is 22.8. The molecular formula is C12H22O4. The molecule has 0 aliphatic carbocycles. The Hall–Kier alpha value is -0.160. The minimum atomic E-state index is -0.523. The van der Waals surface area contributed by atoms with Gasteiger partial charge < -0.3 is 18.9 Å². The van der Waals surface area contributed by atoms with E-state index >= 15 is 0 Å². The van der Waals surface area contributed by atoms with Gasteiger partial charge in [-0.05, 0) is 26.2 Å². The van der Waals surface area contributed by atoms with Gasteiger partial charge in [-0.3, -0.25) is 0 Å². The minimum Gasteiger partial charge on any atom is -0.353 e. The van der Waals surface area contributed by atoms with Crippen molar-refractivity contribution < 1.29 is 18.9 Å². The molecule has 16 heavy (non-hydrogen) atoms. The van der Waals surface area contributed by atoms with Crippen LogP contribution in [0.5, 0.6) is 0 Å². The third-order valence-electron chi connectivity index (χ3n) is 3.04. The fourth-order valence-corrected chi connectivity index (χ4v) is 2.49.